The van der Waals surface area contributed by atoms with Crippen molar-refractivity contribution in [3.8, 4) is 0 Å². The molecule has 1 aliphatic heterocycles. The summed E-state index contributed by atoms with van der Waals surface area (Å²) in [7, 11) is 0. The normalized spacial score (nSPS) is 24.2. The van der Waals surface area contributed by atoms with Crippen LogP contribution in [-0.4, -0.2) is 18.0 Å². The minimum Gasteiger partial charge on any atom is -0.348 e. The van der Waals surface area contributed by atoms with Gasteiger partial charge in [0.25, 0.3) is 0 Å². The fraction of sp³-hybridized carbons (Fsp3) is 0.533. The molecule has 104 valence electrons. The lowest BCUT2D eigenvalue weighted by atomic mass is 9.98. The summed E-state index contributed by atoms with van der Waals surface area (Å²) in [6.45, 7) is 6.39. The zero-order valence-corrected chi connectivity index (χ0v) is 11.7. The molecule has 19 heavy (non-hydrogen) atoms. The maximum Gasteiger partial charge on any atom is 0.240 e. The molecule has 4 heteroatoms. The lowest BCUT2D eigenvalue weighted by Crippen LogP contribution is -2.51. The minimum absolute atomic E-state index is 0.0153. The highest BCUT2D eigenvalue weighted by Crippen LogP contribution is 2.21. The Balaban J connectivity index is 2.06. The smallest absolute Gasteiger partial charge is 0.240 e. The van der Waals surface area contributed by atoms with Crippen molar-refractivity contribution in [3.05, 3.63) is 35.1 Å². The van der Waals surface area contributed by atoms with Gasteiger partial charge in [-0.15, -0.1) is 0 Å². The van der Waals surface area contributed by atoms with Gasteiger partial charge >= 0.3 is 0 Å². The number of hydrogen-bond acceptors (Lipinski definition) is 2. The molecule has 2 N–H and O–H groups in total. The average Bonchev–Trinajstić information content (AvgIpc) is 2.81. The second-order valence-electron chi connectivity index (χ2n) is 5.57. The SMILES string of the molecule is Cc1ccc(C(C)NC(=O)C2(C)CCCN2)cc1F. The summed E-state index contributed by atoms with van der Waals surface area (Å²) >= 11 is 0. The first-order valence-electron chi connectivity index (χ1n) is 6.74. The van der Waals surface area contributed by atoms with Gasteiger partial charge in [-0.3, -0.25) is 4.79 Å². The molecule has 0 spiro atoms. The van der Waals surface area contributed by atoms with Gasteiger partial charge in [0.05, 0.1) is 11.6 Å². The maximum absolute atomic E-state index is 13.5. The molecule has 0 saturated carbocycles. The number of nitrogens with one attached hydrogen (secondary N) is 2. The number of rotatable bonds is 3. The lowest BCUT2D eigenvalue weighted by molar-refractivity contribution is -0.127. The molecule has 1 saturated heterocycles. The Labute approximate surface area is 113 Å². The van der Waals surface area contributed by atoms with Crippen molar-refractivity contribution in [2.45, 2.75) is 45.2 Å². The van der Waals surface area contributed by atoms with Crippen molar-refractivity contribution >= 4 is 5.91 Å². The first-order valence-corrected chi connectivity index (χ1v) is 6.74. The summed E-state index contributed by atoms with van der Waals surface area (Å²) in [5, 5.41) is 6.18. The van der Waals surface area contributed by atoms with E-state index in [-0.39, 0.29) is 17.8 Å². The number of benzene rings is 1. The Hall–Kier alpha value is -1.42. The third-order valence-corrected chi connectivity index (χ3v) is 3.91. The van der Waals surface area contributed by atoms with Crippen molar-refractivity contribution in [1.82, 2.24) is 10.6 Å². The van der Waals surface area contributed by atoms with Gasteiger partial charge in [-0.1, -0.05) is 12.1 Å². The van der Waals surface area contributed by atoms with Crippen LogP contribution in [0.25, 0.3) is 0 Å². The molecule has 1 fully saturated rings. The van der Waals surface area contributed by atoms with Crippen molar-refractivity contribution in [2.24, 2.45) is 0 Å². The van der Waals surface area contributed by atoms with Crippen LogP contribution in [0.15, 0.2) is 18.2 Å². The molecule has 2 rings (SSSR count). The average molecular weight is 264 g/mol. The fourth-order valence-electron chi connectivity index (χ4n) is 2.41. The number of hydrogen-bond donors (Lipinski definition) is 2. The van der Waals surface area contributed by atoms with Gasteiger partial charge in [-0.05, 0) is 57.4 Å². The van der Waals surface area contributed by atoms with Gasteiger partial charge in [0.1, 0.15) is 5.82 Å². The predicted molar refractivity (Wildman–Crippen MR) is 73.3 cm³/mol. The number of carbonyl (C=O) groups excluding carboxylic acids is 1. The summed E-state index contributed by atoms with van der Waals surface area (Å²) in [4.78, 5) is 12.2. The van der Waals surface area contributed by atoms with Crippen LogP contribution in [0, 0.1) is 12.7 Å². The van der Waals surface area contributed by atoms with E-state index in [1.165, 1.54) is 6.07 Å². The largest absolute Gasteiger partial charge is 0.348 e. The zero-order valence-electron chi connectivity index (χ0n) is 11.7. The van der Waals surface area contributed by atoms with Crippen LogP contribution in [-0.2, 0) is 4.79 Å². The molecule has 0 radical (unpaired) electrons. The van der Waals surface area contributed by atoms with Gasteiger partial charge in [0, 0.05) is 0 Å². The standard InChI is InChI=1S/C15H21FN2O/c1-10-5-6-12(9-13(10)16)11(2)18-14(19)15(3)7-4-8-17-15/h5-6,9,11,17H,4,7-8H2,1-3H3,(H,18,19). The van der Waals surface area contributed by atoms with Gasteiger partial charge in [-0.2, -0.15) is 0 Å². The highest BCUT2D eigenvalue weighted by atomic mass is 19.1. The van der Waals surface area contributed by atoms with Crippen LogP contribution in [0.1, 0.15) is 43.9 Å². The van der Waals surface area contributed by atoms with Crippen LogP contribution in [0.4, 0.5) is 4.39 Å². The van der Waals surface area contributed by atoms with Gasteiger partial charge < -0.3 is 10.6 Å². The summed E-state index contributed by atoms with van der Waals surface area (Å²) < 4.78 is 13.5. The van der Waals surface area contributed by atoms with E-state index in [0.29, 0.717) is 5.56 Å². The molecule has 2 atom stereocenters. The Morgan fingerprint density at radius 3 is 2.84 bits per heavy atom. The van der Waals surface area contributed by atoms with Crippen molar-refractivity contribution < 1.29 is 9.18 Å². The van der Waals surface area contributed by atoms with Crippen LogP contribution in [0.2, 0.25) is 0 Å². The minimum atomic E-state index is -0.489. The Bertz CT molecular complexity index is 481. The maximum atomic E-state index is 13.5. The fourth-order valence-corrected chi connectivity index (χ4v) is 2.41. The molecule has 2 unspecified atom stereocenters. The van der Waals surface area contributed by atoms with Gasteiger partial charge in [-0.25, -0.2) is 4.39 Å². The highest BCUT2D eigenvalue weighted by molar-refractivity contribution is 5.86. The van der Waals surface area contributed by atoms with Gasteiger partial charge in [0.15, 0.2) is 0 Å². The van der Waals surface area contributed by atoms with Gasteiger partial charge in [0.2, 0.25) is 5.91 Å². The van der Waals surface area contributed by atoms with Crippen LogP contribution >= 0.6 is 0 Å². The third-order valence-electron chi connectivity index (χ3n) is 3.91. The molecular formula is C15H21FN2O. The van der Waals surface area contributed by atoms with E-state index in [0.717, 1.165) is 24.9 Å². The van der Waals surface area contributed by atoms with Crippen molar-refractivity contribution in [3.63, 3.8) is 0 Å². The second-order valence-corrected chi connectivity index (χ2v) is 5.57. The van der Waals surface area contributed by atoms with Crippen molar-refractivity contribution in [2.75, 3.05) is 6.54 Å². The first kappa shape index (κ1) is 14.0. The third kappa shape index (κ3) is 2.95. The van der Waals surface area contributed by atoms with E-state index in [1.54, 1.807) is 13.0 Å². The molecule has 1 aliphatic rings. The molecule has 0 bridgehead atoms. The van der Waals surface area contributed by atoms with Crippen LogP contribution in [0.5, 0.6) is 0 Å². The summed E-state index contributed by atoms with van der Waals surface area (Å²) in [6.07, 6.45) is 1.85. The summed E-state index contributed by atoms with van der Waals surface area (Å²) in [5.74, 6) is -0.248. The lowest BCUT2D eigenvalue weighted by Gasteiger charge is -2.26. The quantitative estimate of drug-likeness (QED) is 0.880. The summed E-state index contributed by atoms with van der Waals surface area (Å²) in [6, 6.07) is 4.89. The molecular weight excluding hydrogens is 243 g/mol. The Kier molecular flexibility index (Phi) is 3.90. The Morgan fingerprint density at radius 2 is 2.26 bits per heavy atom. The Morgan fingerprint density at radius 1 is 1.53 bits per heavy atom. The highest BCUT2D eigenvalue weighted by Gasteiger charge is 2.36. The number of carbonyl (C=O) groups is 1. The molecule has 0 aliphatic carbocycles. The molecule has 0 aromatic heterocycles. The monoisotopic (exact) mass is 264 g/mol. The topological polar surface area (TPSA) is 41.1 Å². The number of halogens is 1. The molecule has 1 amide bonds. The van der Waals surface area contributed by atoms with E-state index in [4.69, 9.17) is 0 Å². The molecule has 3 nitrogen and oxygen atoms in total. The molecule has 1 heterocycles. The van der Waals surface area contributed by atoms with Crippen molar-refractivity contribution in [1.29, 1.82) is 0 Å². The van der Waals surface area contributed by atoms with E-state index >= 15 is 0 Å². The molecule has 1 aromatic carbocycles. The number of amides is 1. The second kappa shape index (κ2) is 5.29. The van der Waals surface area contributed by atoms with E-state index in [9.17, 15) is 9.18 Å². The molecule has 1 aromatic rings. The van der Waals surface area contributed by atoms with E-state index in [1.807, 2.05) is 19.9 Å². The van der Waals surface area contributed by atoms with E-state index < -0.39 is 5.54 Å². The van der Waals surface area contributed by atoms with E-state index in [2.05, 4.69) is 10.6 Å². The first-order chi connectivity index (χ1) is 8.92. The predicted octanol–water partition coefficient (Wildman–Crippen LogP) is 2.45. The zero-order chi connectivity index (χ0) is 14.0. The van der Waals surface area contributed by atoms with Crippen LogP contribution < -0.4 is 10.6 Å². The summed E-state index contributed by atoms with van der Waals surface area (Å²) in [5.41, 5.74) is 0.919. The number of aryl methyl sites for hydroxylation is 1. The van der Waals surface area contributed by atoms with Crippen LogP contribution in [0.3, 0.4) is 0 Å².